The van der Waals surface area contributed by atoms with Gasteiger partial charge < -0.3 is 4.98 Å². The summed E-state index contributed by atoms with van der Waals surface area (Å²) in [5.74, 6) is -1.59. The minimum Gasteiger partial charge on any atom is -0.352 e. The smallest absolute Gasteiger partial charge is 0.150 e. The van der Waals surface area contributed by atoms with Crippen molar-refractivity contribution in [3.05, 3.63) is 59.4 Å². The number of nitrogens with one attached hydrogen (secondary N) is 1. The highest BCUT2D eigenvalue weighted by Gasteiger charge is 2.35. The van der Waals surface area contributed by atoms with Gasteiger partial charge in [-0.1, -0.05) is 0 Å². The van der Waals surface area contributed by atoms with Crippen molar-refractivity contribution in [2.24, 2.45) is 5.92 Å². The molecule has 1 aliphatic carbocycles. The number of carbonyl (C=O) groups is 1. The molecular formula is C22H17F3N2O. The maximum absolute atomic E-state index is 14.3. The van der Waals surface area contributed by atoms with Gasteiger partial charge in [-0.05, 0) is 66.1 Å². The van der Waals surface area contributed by atoms with Crippen molar-refractivity contribution >= 4 is 16.7 Å². The quantitative estimate of drug-likeness (QED) is 0.623. The van der Waals surface area contributed by atoms with Gasteiger partial charge in [0.2, 0.25) is 0 Å². The van der Waals surface area contributed by atoms with Gasteiger partial charge in [-0.2, -0.15) is 5.26 Å². The molecule has 28 heavy (non-hydrogen) atoms. The molecule has 1 heterocycles. The van der Waals surface area contributed by atoms with Gasteiger partial charge in [-0.3, -0.25) is 4.79 Å². The number of benzene rings is 2. The molecule has 1 fully saturated rings. The van der Waals surface area contributed by atoms with Crippen LogP contribution in [0.15, 0.2) is 36.4 Å². The molecule has 0 amide bonds. The molecule has 0 bridgehead atoms. The second-order valence-corrected chi connectivity index (χ2v) is 7.34. The molecule has 0 unspecified atom stereocenters. The third kappa shape index (κ3) is 3.29. The molecule has 6 heteroatoms. The number of carbonyl (C=O) groups excluding carboxylic acids is 1. The van der Waals surface area contributed by atoms with E-state index in [0.717, 1.165) is 11.6 Å². The fourth-order valence-electron chi connectivity index (χ4n) is 4.13. The summed E-state index contributed by atoms with van der Waals surface area (Å²) in [5.41, 5.74) is 2.35. The largest absolute Gasteiger partial charge is 0.352 e. The van der Waals surface area contributed by atoms with Gasteiger partial charge in [0.25, 0.3) is 0 Å². The first-order valence-electron chi connectivity index (χ1n) is 9.11. The van der Waals surface area contributed by atoms with Gasteiger partial charge in [0.05, 0.1) is 23.7 Å². The number of Topliss-reactive ketones (excluding diaryl/α,β-unsaturated/α-hetero) is 1. The van der Waals surface area contributed by atoms with E-state index < -0.39 is 11.6 Å². The summed E-state index contributed by atoms with van der Waals surface area (Å²) in [4.78, 5) is 14.7. The summed E-state index contributed by atoms with van der Waals surface area (Å²) in [6.45, 7) is 0. The lowest BCUT2D eigenvalue weighted by atomic mass is 9.68. The van der Waals surface area contributed by atoms with E-state index in [2.05, 4.69) is 4.98 Å². The van der Waals surface area contributed by atoms with Gasteiger partial charge in [-0.15, -0.1) is 0 Å². The highest BCUT2D eigenvalue weighted by atomic mass is 19.1. The van der Waals surface area contributed by atoms with E-state index in [9.17, 15) is 18.0 Å². The molecule has 1 N–H and O–H groups in total. The van der Waals surface area contributed by atoms with Gasteiger partial charge in [0, 0.05) is 17.9 Å². The van der Waals surface area contributed by atoms with E-state index >= 15 is 0 Å². The van der Waals surface area contributed by atoms with Gasteiger partial charge in [0.1, 0.15) is 23.2 Å². The first-order valence-corrected chi connectivity index (χ1v) is 9.11. The van der Waals surface area contributed by atoms with Crippen LogP contribution in [0, 0.1) is 34.7 Å². The Morgan fingerprint density at radius 2 is 1.82 bits per heavy atom. The number of H-pyrrole nitrogens is 1. The number of aromatic nitrogens is 1. The van der Waals surface area contributed by atoms with Crippen molar-refractivity contribution in [3.8, 4) is 17.3 Å². The molecule has 0 spiro atoms. The second kappa shape index (κ2) is 7.16. The van der Waals surface area contributed by atoms with Crippen molar-refractivity contribution in [1.29, 1.82) is 5.26 Å². The van der Waals surface area contributed by atoms with Crippen LogP contribution < -0.4 is 0 Å². The monoisotopic (exact) mass is 382 g/mol. The van der Waals surface area contributed by atoms with Crippen molar-refractivity contribution in [2.75, 3.05) is 0 Å². The van der Waals surface area contributed by atoms with Crippen molar-refractivity contribution in [2.45, 2.75) is 31.6 Å². The molecule has 4 rings (SSSR count). The number of hydrogen-bond donors (Lipinski definition) is 1. The minimum absolute atomic E-state index is 0.0369. The standard InChI is InChI=1S/C22H17F3N2O/c23-15-3-1-13(2-4-15)21-20(14-7-12(8-14)9-17(28)5-6-26)18-10-16(24)11-19(25)22(18)27-21/h1-4,10-12,14,27H,5,7-9H2. The van der Waals surface area contributed by atoms with E-state index in [4.69, 9.17) is 5.26 Å². The lowest BCUT2D eigenvalue weighted by Gasteiger charge is -2.35. The highest BCUT2D eigenvalue weighted by molar-refractivity contribution is 5.92. The average Bonchev–Trinajstić information content (AvgIpc) is 2.98. The molecule has 1 aromatic heterocycles. The predicted octanol–water partition coefficient (Wildman–Crippen LogP) is 5.62. The molecule has 1 saturated carbocycles. The molecule has 0 aliphatic heterocycles. The third-order valence-corrected chi connectivity index (χ3v) is 5.43. The normalized spacial score (nSPS) is 18.6. The maximum atomic E-state index is 14.3. The molecule has 3 aromatic rings. The Kier molecular flexibility index (Phi) is 4.68. The summed E-state index contributed by atoms with van der Waals surface area (Å²) < 4.78 is 41.5. The molecule has 0 saturated heterocycles. The Labute approximate surface area is 159 Å². The first-order chi connectivity index (χ1) is 13.5. The Morgan fingerprint density at radius 1 is 1.11 bits per heavy atom. The van der Waals surface area contributed by atoms with E-state index in [1.807, 2.05) is 6.07 Å². The number of halogens is 3. The Morgan fingerprint density at radius 3 is 2.50 bits per heavy atom. The number of ketones is 1. The van der Waals surface area contributed by atoms with Crippen LogP contribution >= 0.6 is 0 Å². The zero-order chi connectivity index (χ0) is 19.8. The molecule has 142 valence electrons. The van der Waals surface area contributed by atoms with Crippen LogP contribution in [0.5, 0.6) is 0 Å². The molecule has 3 nitrogen and oxygen atoms in total. The zero-order valence-electron chi connectivity index (χ0n) is 14.9. The molecule has 1 aliphatic rings. The summed E-state index contributed by atoms with van der Waals surface area (Å²) in [7, 11) is 0. The number of nitriles is 1. The van der Waals surface area contributed by atoms with Crippen LogP contribution in [0.2, 0.25) is 0 Å². The van der Waals surface area contributed by atoms with E-state index in [1.165, 1.54) is 18.2 Å². The first kappa shape index (κ1) is 18.3. The van der Waals surface area contributed by atoms with Crippen molar-refractivity contribution < 1.29 is 18.0 Å². The average molecular weight is 382 g/mol. The van der Waals surface area contributed by atoms with Gasteiger partial charge in [0.15, 0.2) is 0 Å². The Bertz CT molecular complexity index is 1090. The lowest BCUT2D eigenvalue weighted by Crippen LogP contribution is -2.24. The van der Waals surface area contributed by atoms with E-state index in [0.29, 0.717) is 35.9 Å². The van der Waals surface area contributed by atoms with Gasteiger partial charge >= 0.3 is 0 Å². The van der Waals surface area contributed by atoms with Crippen LogP contribution in [0.4, 0.5) is 13.2 Å². The third-order valence-electron chi connectivity index (χ3n) is 5.43. The van der Waals surface area contributed by atoms with Crippen LogP contribution in [-0.2, 0) is 4.79 Å². The summed E-state index contributed by atoms with van der Waals surface area (Å²) in [5, 5.41) is 9.10. The number of fused-ring (bicyclic) bond motifs is 1. The summed E-state index contributed by atoms with van der Waals surface area (Å²) in [6.07, 6.45) is 1.67. The summed E-state index contributed by atoms with van der Waals surface area (Å²) >= 11 is 0. The SMILES string of the molecule is N#CCC(=O)CC1CC(c2c(-c3ccc(F)cc3)[nH]c3c(F)cc(F)cc23)C1. The van der Waals surface area contributed by atoms with Crippen LogP contribution in [0.3, 0.4) is 0 Å². The van der Waals surface area contributed by atoms with Crippen molar-refractivity contribution in [1.82, 2.24) is 4.98 Å². The van der Waals surface area contributed by atoms with Crippen LogP contribution in [0.1, 0.15) is 37.2 Å². The Balaban J connectivity index is 1.72. The van der Waals surface area contributed by atoms with E-state index in [1.54, 1.807) is 12.1 Å². The van der Waals surface area contributed by atoms with E-state index in [-0.39, 0.29) is 35.4 Å². The fourth-order valence-corrected chi connectivity index (χ4v) is 4.13. The maximum Gasteiger partial charge on any atom is 0.150 e. The van der Waals surface area contributed by atoms with Crippen LogP contribution in [0.25, 0.3) is 22.2 Å². The highest BCUT2D eigenvalue weighted by Crippen LogP contribution is 2.49. The number of hydrogen-bond acceptors (Lipinski definition) is 2. The number of nitrogens with zero attached hydrogens (tertiary/aromatic N) is 1. The Hall–Kier alpha value is -3.07. The minimum atomic E-state index is -0.676. The molecule has 0 radical (unpaired) electrons. The summed E-state index contributed by atoms with van der Waals surface area (Å²) in [6, 6.07) is 9.86. The molecule has 0 atom stereocenters. The molecule has 2 aromatic carbocycles. The predicted molar refractivity (Wildman–Crippen MR) is 98.9 cm³/mol. The van der Waals surface area contributed by atoms with Crippen LogP contribution in [-0.4, -0.2) is 10.8 Å². The van der Waals surface area contributed by atoms with Gasteiger partial charge in [-0.25, -0.2) is 13.2 Å². The zero-order valence-corrected chi connectivity index (χ0v) is 14.9. The van der Waals surface area contributed by atoms with Crippen molar-refractivity contribution in [3.63, 3.8) is 0 Å². The topological polar surface area (TPSA) is 56.6 Å². The number of aromatic amines is 1. The second-order valence-electron chi connectivity index (χ2n) is 7.34. The molecular weight excluding hydrogens is 365 g/mol. The number of rotatable bonds is 5. The lowest BCUT2D eigenvalue weighted by molar-refractivity contribution is -0.119. The fraction of sp³-hybridized carbons (Fsp3) is 0.273.